The topological polar surface area (TPSA) is 40.5 Å². The van der Waals surface area contributed by atoms with Crippen LogP contribution < -0.4 is 0 Å². The van der Waals surface area contributed by atoms with Gasteiger partial charge in [-0.15, -0.1) is 0 Å². The number of halogens is 1. The largest absolute Gasteiger partial charge is 0.481 e. The second-order valence-corrected chi connectivity index (χ2v) is 6.58. The maximum atomic E-state index is 11.7. The number of carboxylic acids is 1. The molecule has 1 saturated heterocycles. The number of benzene rings is 1. The minimum absolute atomic E-state index is 0.172. The summed E-state index contributed by atoms with van der Waals surface area (Å²) in [6.45, 7) is 3.65. The third-order valence-corrected chi connectivity index (χ3v) is 5.57. The van der Waals surface area contributed by atoms with Crippen LogP contribution in [0.25, 0.3) is 0 Å². The zero-order valence-corrected chi connectivity index (χ0v) is 12.4. The Kier molecular flexibility index (Phi) is 3.51. The van der Waals surface area contributed by atoms with E-state index in [1.54, 1.807) is 0 Å². The second-order valence-electron chi connectivity index (χ2n) is 6.18. The lowest BCUT2D eigenvalue weighted by Crippen LogP contribution is -2.36. The molecule has 0 spiro atoms. The molecule has 108 valence electrons. The summed E-state index contributed by atoms with van der Waals surface area (Å²) in [6.07, 6.45) is 2.90. The molecule has 1 saturated carbocycles. The van der Waals surface area contributed by atoms with Crippen molar-refractivity contribution in [3.8, 4) is 0 Å². The summed E-state index contributed by atoms with van der Waals surface area (Å²) in [4.78, 5) is 14.0. The summed E-state index contributed by atoms with van der Waals surface area (Å²) in [7, 11) is 0. The van der Waals surface area contributed by atoms with Crippen LogP contribution in [0.15, 0.2) is 24.3 Å². The van der Waals surface area contributed by atoms with Crippen molar-refractivity contribution in [2.45, 2.75) is 32.2 Å². The highest BCUT2D eigenvalue weighted by Crippen LogP contribution is 2.50. The van der Waals surface area contributed by atoms with E-state index in [2.05, 4.69) is 11.8 Å². The number of aliphatic carboxylic acids is 1. The van der Waals surface area contributed by atoms with Crippen molar-refractivity contribution in [3.05, 3.63) is 34.9 Å². The highest BCUT2D eigenvalue weighted by atomic mass is 35.5. The van der Waals surface area contributed by atoms with Gasteiger partial charge in [-0.05, 0) is 37.3 Å². The highest BCUT2D eigenvalue weighted by Gasteiger charge is 2.55. The van der Waals surface area contributed by atoms with Gasteiger partial charge in [-0.1, -0.05) is 36.2 Å². The summed E-state index contributed by atoms with van der Waals surface area (Å²) >= 11 is 6.27. The van der Waals surface area contributed by atoms with Crippen molar-refractivity contribution in [1.29, 1.82) is 0 Å². The lowest BCUT2D eigenvalue weighted by atomic mass is 9.81. The standard InChI is InChI=1S/C16H20ClNO2/c1-11(13-6-2-3-7-14(13)17)18-9-12-5-4-8-16(12,10-18)15(19)20/h2-3,6-7,11-12H,4-5,8-10H2,1H3,(H,19,20)/t11?,12-,16+/m0/s1. The molecule has 1 aromatic rings. The van der Waals surface area contributed by atoms with E-state index in [1.165, 1.54) is 0 Å². The van der Waals surface area contributed by atoms with E-state index in [0.29, 0.717) is 12.5 Å². The summed E-state index contributed by atoms with van der Waals surface area (Å²) in [5.41, 5.74) is 0.574. The number of likely N-dealkylation sites (tertiary alicyclic amines) is 1. The molecule has 0 bridgehead atoms. The van der Waals surface area contributed by atoms with Crippen LogP contribution in [-0.4, -0.2) is 29.1 Å². The molecule has 1 heterocycles. The van der Waals surface area contributed by atoms with Gasteiger partial charge in [-0.2, -0.15) is 0 Å². The number of carboxylic acid groups (broad SMARTS) is 1. The van der Waals surface area contributed by atoms with Crippen LogP contribution in [0.5, 0.6) is 0 Å². The van der Waals surface area contributed by atoms with Gasteiger partial charge in [0.1, 0.15) is 0 Å². The Morgan fingerprint density at radius 1 is 1.50 bits per heavy atom. The molecule has 2 aliphatic rings. The molecule has 2 fully saturated rings. The van der Waals surface area contributed by atoms with Gasteiger partial charge >= 0.3 is 5.97 Å². The van der Waals surface area contributed by atoms with E-state index in [1.807, 2.05) is 24.3 Å². The van der Waals surface area contributed by atoms with E-state index in [9.17, 15) is 9.90 Å². The van der Waals surface area contributed by atoms with Crippen molar-refractivity contribution in [2.75, 3.05) is 13.1 Å². The normalized spacial score (nSPS) is 31.2. The van der Waals surface area contributed by atoms with Crippen molar-refractivity contribution in [2.24, 2.45) is 11.3 Å². The van der Waals surface area contributed by atoms with Crippen molar-refractivity contribution >= 4 is 17.6 Å². The minimum atomic E-state index is -0.617. The molecule has 20 heavy (non-hydrogen) atoms. The van der Waals surface area contributed by atoms with Gasteiger partial charge in [0.05, 0.1) is 5.41 Å². The minimum Gasteiger partial charge on any atom is -0.481 e. The predicted molar refractivity (Wildman–Crippen MR) is 78.8 cm³/mol. The zero-order valence-electron chi connectivity index (χ0n) is 11.7. The quantitative estimate of drug-likeness (QED) is 0.926. The van der Waals surface area contributed by atoms with Crippen molar-refractivity contribution in [1.82, 2.24) is 4.90 Å². The van der Waals surface area contributed by atoms with E-state index in [-0.39, 0.29) is 6.04 Å². The van der Waals surface area contributed by atoms with Gasteiger partial charge in [0.2, 0.25) is 0 Å². The lowest BCUT2D eigenvalue weighted by molar-refractivity contribution is -0.149. The summed E-state index contributed by atoms with van der Waals surface area (Å²) in [5, 5.41) is 10.4. The Labute approximate surface area is 124 Å². The molecule has 0 aromatic heterocycles. The van der Waals surface area contributed by atoms with Gasteiger partial charge in [-0.25, -0.2) is 0 Å². The first kappa shape index (κ1) is 13.9. The van der Waals surface area contributed by atoms with Gasteiger partial charge in [0.15, 0.2) is 0 Å². The summed E-state index contributed by atoms with van der Waals surface area (Å²) in [6, 6.07) is 8.02. The van der Waals surface area contributed by atoms with E-state index in [0.717, 1.165) is 36.4 Å². The lowest BCUT2D eigenvalue weighted by Gasteiger charge is -2.28. The van der Waals surface area contributed by atoms with Crippen LogP contribution in [0.1, 0.15) is 37.8 Å². The molecular formula is C16H20ClNO2. The average Bonchev–Trinajstić information content (AvgIpc) is 2.96. The summed E-state index contributed by atoms with van der Waals surface area (Å²) < 4.78 is 0. The average molecular weight is 294 g/mol. The van der Waals surface area contributed by atoms with Crippen molar-refractivity contribution in [3.63, 3.8) is 0 Å². The molecule has 0 amide bonds. The first-order chi connectivity index (χ1) is 9.54. The number of carbonyl (C=O) groups is 1. The van der Waals surface area contributed by atoms with E-state index in [4.69, 9.17) is 11.6 Å². The number of rotatable bonds is 3. The molecule has 3 rings (SSSR count). The molecule has 0 radical (unpaired) electrons. The molecule has 4 heteroatoms. The molecule has 1 aliphatic heterocycles. The van der Waals surface area contributed by atoms with Crippen LogP contribution in [-0.2, 0) is 4.79 Å². The maximum Gasteiger partial charge on any atom is 0.311 e. The van der Waals surface area contributed by atoms with Crippen LogP contribution in [0, 0.1) is 11.3 Å². The molecule has 1 aromatic carbocycles. The fraction of sp³-hybridized carbons (Fsp3) is 0.562. The fourth-order valence-electron chi connectivity index (χ4n) is 3.98. The van der Waals surface area contributed by atoms with Crippen molar-refractivity contribution < 1.29 is 9.90 Å². The van der Waals surface area contributed by atoms with Gasteiger partial charge < -0.3 is 5.11 Å². The van der Waals surface area contributed by atoms with Crippen LogP contribution in [0.4, 0.5) is 0 Å². The SMILES string of the molecule is CC(c1ccccc1Cl)N1C[C@@H]2CCC[C@@]2(C(=O)O)C1. The Balaban J connectivity index is 1.84. The van der Waals surface area contributed by atoms with Gasteiger partial charge in [-0.3, -0.25) is 9.69 Å². The smallest absolute Gasteiger partial charge is 0.311 e. The van der Waals surface area contributed by atoms with E-state index >= 15 is 0 Å². The molecular weight excluding hydrogens is 274 g/mol. The Hall–Kier alpha value is -1.06. The van der Waals surface area contributed by atoms with E-state index < -0.39 is 11.4 Å². The third kappa shape index (κ3) is 2.04. The Morgan fingerprint density at radius 2 is 2.25 bits per heavy atom. The molecule has 1 aliphatic carbocycles. The molecule has 1 N–H and O–H groups in total. The molecule has 3 atom stereocenters. The molecule has 3 nitrogen and oxygen atoms in total. The van der Waals surface area contributed by atoms with Crippen LogP contribution >= 0.6 is 11.6 Å². The van der Waals surface area contributed by atoms with Gasteiger partial charge in [0, 0.05) is 24.2 Å². The van der Waals surface area contributed by atoms with Gasteiger partial charge in [0.25, 0.3) is 0 Å². The highest BCUT2D eigenvalue weighted by molar-refractivity contribution is 6.31. The predicted octanol–water partition coefficient (Wildman–Crippen LogP) is 3.59. The number of hydrogen-bond acceptors (Lipinski definition) is 2. The molecule has 1 unspecified atom stereocenters. The monoisotopic (exact) mass is 293 g/mol. The number of nitrogens with zero attached hydrogens (tertiary/aromatic N) is 1. The zero-order chi connectivity index (χ0) is 14.3. The Morgan fingerprint density at radius 3 is 2.90 bits per heavy atom. The summed E-state index contributed by atoms with van der Waals surface area (Å²) in [5.74, 6) is -0.321. The first-order valence-corrected chi connectivity index (χ1v) is 7.64. The van der Waals surface area contributed by atoms with Crippen LogP contribution in [0.2, 0.25) is 5.02 Å². The Bertz CT molecular complexity index is 533. The third-order valence-electron chi connectivity index (χ3n) is 5.23. The van der Waals surface area contributed by atoms with Crippen LogP contribution in [0.3, 0.4) is 0 Å². The fourth-order valence-corrected chi connectivity index (χ4v) is 4.28. The number of hydrogen-bond donors (Lipinski definition) is 1. The number of fused-ring (bicyclic) bond motifs is 1. The first-order valence-electron chi connectivity index (χ1n) is 7.26. The maximum absolute atomic E-state index is 11.7. The second kappa shape index (κ2) is 5.05.